The number of hydrogen-bond acceptors (Lipinski definition) is 3. The van der Waals surface area contributed by atoms with Crippen molar-refractivity contribution in [3.8, 4) is 0 Å². The number of aliphatic hydroxyl groups is 1. The molecule has 4 heteroatoms. The Kier molecular flexibility index (Phi) is 4.90. The molecule has 0 bridgehead atoms. The van der Waals surface area contributed by atoms with Gasteiger partial charge >= 0.3 is 0 Å². The van der Waals surface area contributed by atoms with E-state index in [4.69, 9.17) is 5.11 Å². The first-order chi connectivity index (χ1) is 6.72. The highest BCUT2D eigenvalue weighted by Gasteiger charge is 2.20. The van der Waals surface area contributed by atoms with Crippen molar-refractivity contribution in [2.75, 3.05) is 26.2 Å². The number of carbonyl (C=O) groups excluding carboxylic acids is 1. The monoisotopic (exact) mass is 200 g/mol. The predicted octanol–water partition coefficient (Wildman–Crippen LogP) is -0.269. The Labute approximate surface area is 85.1 Å². The molecule has 0 aromatic carbocycles. The molecule has 1 saturated carbocycles. The van der Waals surface area contributed by atoms with Gasteiger partial charge in [0.05, 0.1) is 6.54 Å². The average molecular weight is 200 g/mol. The Morgan fingerprint density at radius 2 is 2.29 bits per heavy atom. The maximum atomic E-state index is 11.2. The van der Waals surface area contributed by atoms with E-state index in [1.165, 1.54) is 12.8 Å². The van der Waals surface area contributed by atoms with Crippen molar-refractivity contribution in [2.45, 2.75) is 19.8 Å². The van der Waals surface area contributed by atoms with Crippen LogP contribution in [0.2, 0.25) is 0 Å². The first kappa shape index (κ1) is 11.5. The summed E-state index contributed by atoms with van der Waals surface area (Å²) in [7, 11) is 0. The van der Waals surface area contributed by atoms with Gasteiger partial charge in [0.1, 0.15) is 0 Å². The highest BCUT2D eigenvalue weighted by atomic mass is 16.3. The second-order valence-corrected chi connectivity index (χ2v) is 4.17. The van der Waals surface area contributed by atoms with Crippen molar-refractivity contribution in [3.05, 3.63) is 0 Å². The molecule has 1 unspecified atom stereocenters. The molecular formula is C10H20N2O2. The van der Waals surface area contributed by atoms with Gasteiger partial charge in [0, 0.05) is 13.2 Å². The molecule has 3 N–H and O–H groups in total. The smallest absolute Gasteiger partial charge is 0.233 e. The van der Waals surface area contributed by atoms with Crippen LogP contribution < -0.4 is 10.6 Å². The second kappa shape index (κ2) is 5.98. The van der Waals surface area contributed by atoms with E-state index in [1.54, 1.807) is 0 Å². The maximum Gasteiger partial charge on any atom is 0.233 e. The van der Waals surface area contributed by atoms with Gasteiger partial charge in [0.2, 0.25) is 5.91 Å². The topological polar surface area (TPSA) is 61.4 Å². The molecule has 82 valence electrons. The lowest BCUT2D eigenvalue weighted by Crippen LogP contribution is -2.37. The van der Waals surface area contributed by atoms with E-state index in [2.05, 4.69) is 10.6 Å². The zero-order valence-corrected chi connectivity index (χ0v) is 8.75. The zero-order valence-electron chi connectivity index (χ0n) is 8.75. The first-order valence-electron chi connectivity index (χ1n) is 5.30. The van der Waals surface area contributed by atoms with Crippen LogP contribution >= 0.6 is 0 Å². The molecule has 1 atom stereocenters. The highest BCUT2D eigenvalue weighted by Crippen LogP contribution is 2.27. The SMILES string of the molecule is CC(CO)CNC(=O)CNCC1CC1. The van der Waals surface area contributed by atoms with Gasteiger partial charge in [-0.1, -0.05) is 6.92 Å². The third-order valence-electron chi connectivity index (χ3n) is 2.37. The normalized spacial score (nSPS) is 17.9. The average Bonchev–Trinajstić information content (AvgIpc) is 2.98. The molecule has 1 aliphatic rings. The van der Waals surface area contributed by atoms with E-state index < -0.39 is 0 Å². The van der Waals surface area contributed by atoms with Gasteiger partial charge in [0.15, 0.2) is 0 Å². The summed E-state index contributed by atoms with van der Waals surface area (Å²) >= 11 is 0. The summed E-state index contributed by atoms with van der Waals surface area (Å²) < 4.78 is 0. The Balaban J connectivity index is 1.92. The minimum Gasteiger partial charge on any atom is -0.396 e. The van der Waals surface area contributed by atoms with Crippen LogP contribution in [0.1, 0.15) is 19.8 Å². The van der Waals surface area contributed by atoms with E-state index in [0.717, 1.165) is 12.5 Å². The van der Waals surface area contributed by atoms with Gasteiger partial charge in [-0.2, -0.15) is 0 Å². The Hall–Kier alpha value is -0.610. The lowest BCUT2D eigenvalue weighted by atomic mass is 10.2. The van der Waals surface area contributed by atoms with Gasteiger partial charge in [0.25, 0.3) is 0 Å². The fraction of sp³-hybridized carbons (Fsp3) is 0.900. The quantitative estimate of drug-likeness (QED) is 0.530. The van der Waals surface area contributed by atoms with Crippen molar-refractivity contribution in [1.29, 1.82) is 0 Å². The van der Waals surface area contributed by atoms with Gasteiger partial charge in [-0.15, -0.1) is 0 Å². The molecule has 0 aromatic heterocycles. The summed E-state index contributed by atoms with van der Waals surface area (Å²) in [6, 6.07) is 0. The summed E-state index contributed by atoms with van der Waals surface area (Å²) in [5.41, 5.74) is 0. The molecule has 4 nitrogen and oxygen atoms in total. The lowest BCUT2D eigenvalue weighted by Gasteiger charge is -2.09. The van der Waals surface area contributed by atoms with Gasteiger partial charge in [-0.25, -0.2) is 0 Å². The zero-order chi connectivity index (χ0) is 10.4. The number of carbonyl (C=O) groups is 1. The molecule has 0 saturated heterocycles. The van der Waals surface area contributed by atoms with E-state index in [-0.39, 0.29) is 18.4 Å². The van der Waals surface area contributed by atoms with Crippen LogP contribution in [-0.2, 0) is 4.79 Å². The molecule has 1 amide bonds. The van der Waals surface area contributed by atoms with Crippen molar-refractivity contribution < 1.29 is 9.90 Å². The number of nitrogens with one attached hydrogen (secondary N) is 2. The molecule has 1 rings (SSSR count). The third-order valence-corrected chi connectivity index (χ3v) is 2.37. The fourth-order valence-electron chi connectivity index (χ4n) is 1.13. The number of rotatable bonds is 7. The molecule has 0 spiro atoms. The first-order valence-corrected chi connectivity index (χ1v) is 5.30. The van der Waals surface area contributed by atoms with Crippen LogP contribution in [0.25, 0.3) is 0 Å². The van der Waals surface area contributed by atoms with Crippen LogP contribution in [0.3, 0.4) is 0 Å². The third kappa shape index (κ3) is 5.19. The van der Waals surface area contributed by atoms with Crippen LogP contribution in [-0.4, -0.2) is 37.3 Å². The maximum absolute atomic E-state index is 11.2. The molecule has 0 radical (unpaired) electrons. The lowest BCUT2D eigenvalue weighted by molar-refractivity contribution is -0.120. The number of amides is 1. The summed E-state index contributed by atoms with van der Waals surface area (Å²) in [5, 5.41) is 14.6. The summed E-state index contributed by atoms with van der Waals surface area (Å²) in [6.07, 6.45) is 2.60. The Morgan fingerprint density at radius 3 is 2.86 bits per heavy atom. The number of aliphatic hydroxyl groups excluding tert-OH is 1. The summed E-state index contributed by atoms with van der Waals surface area (Å²) in [4.78, 5) is 11.2. The van der Waals surface area contributed by atoms with Crippen LogP contribution in [0.4, 0.5) is 0 Å². The molecule has 0 heterocycles. The van der Waals surface area contributed by atoms with Gasteiger partial charge in [-0.3, -0.25) is 4.79 Å². The molecule has 0 aliphatic heterocycles. The van der Waals surface area contributed by atoms with E-state index in [9.17, 15) is 4.79 Å². The van der Waals surface area contributed by atoms with E-state index in [1.807, 2.05) is 6.92 Å². The van der Waals surface area contributed by atoms with Gasteiger partial charge < -0.3 is 15.7 Å². The van der Waals surface area contributed by atoms with E-state index in [0.29, 0.717) is 13.1 Å². The van der Waals surface area contributed by atoms with Crippen molar-refractivity contribution in [1.82, 2.24) is 10.6 Å². The summed E-state index contributed by atoms with van der Waals surface area (Å²) in [5.74, 6) is 0.965. The molecular weight excluding hydrogens is 180 g/mol. The van der Waals surface area contributed by atoms with Crippen molar-refractivity contribution >= 4 is 5.91 Å². The molecule has 0 aromatic rings. The second-order valence-electron chi connectivity index (χ2n) is 4.17. The summed E-state index contributed by atoms with van der Waals surface area (Å²) in [6.45, 7) is 3.94. The Bertz CT molecular complexity index is 181. The van der Waals surface area contributed by atoms with Crippen molar-refractivity contribution in [3.63, 3.8) is 0 Å². The van der Waals surface area contributed by atoms with Crippen LogP contribution in [0, 0.1) is 11.8 Å². The van der Waals surface area contributed by atoms with Gasteiger partial charge in [-0.05, 0) is 31.2 Å². The van der Waals surface area contributed by atoms with Crippen LogP contribution in [0.15, 0.2) is 0 Å². The fourth-order valence-corrected chi connectivity index (χ4v) is 1.13. The number of hydrogen-bond donors (Lipinski definition) is 3. The minimum absolute atomic E-state index is 0.0194. The molecule has 1 fully saturated rings. The van der Waals surface area contributed by atoms with E-state index >= 15 is 0 Å². The largest absolute Gasteiger partial charge is 0.396 e. The van der Waals surface area contributed by atoms with Crippen LogP contribution in [0.5, 0.6) is 0 Å². The minimum atomic E-state index is 0.0194. The Morgan fingerprint density at radius 1 is 1.57 bits per heavy atom. The highest BCUT2D eigenvalue weighted by molar-refractivity contribution is 5.77. The molecule has 1 aliphatic carbocycles. The predicted molar refractivity (Wildman–Crippen MR) is 54.9 cm³/mol. The standard InChI is InChI=1S/C10H20N2O2/c1-8(7-13)4-12-10(14)6-11-5-9-2-3-9/h8-9,11,13H,2-7H2,1H3,(H,12,14). The molecule has 14 heavy (non-hydrogen) atoms. The van der Waals surface area contributed by atoms with Crippen molar-refractivity contribution in [2.24, 2.45) is 11.8 Å².